The van der Waals surface area contributed by atoms with E-state index in [1.165, 1.54) is 0 Å². The van der Waals surface area contributed by atoms with Crippen LogP contribution >= 0.6 is 0 Å². The zero-order chi connectivity index (χ0) is 18.7. The molecule has 0 bridgehead atoms. The SMILES string of the molecule is CC(C)N(C(=O)O)C1CC[C@H](c2cc(Nc3ccc(C#N)nc3)n[nH]2)C1. The first-order chi connectivity index (χ1) is 12.5. The van der Waals surface area contributed by atoms with E-state index in [4.69, 9.17) is 5.26 Å². The van der Waals surface area contributed by atoms with E-state index in [1.54, 1.807) is 23.2 Å². The van der Waals surface area contributed by atoms with Crippen molar-refractivity contribution in [1.29, 1.82) is 5.26 Å². The van der Waals surface area contributed by atoms with Gasteiger partial charge < -0.3 is 15.3 Å². The molecule has 1 amide bonds. The Labute approximate surface area is 151 Å². The van der Waals surface area contributed by atoms with Gasteiger partial charge in [0.25, 0.3) is 0 Å². The molecule has 3 N–H and O–H groups in total. The van der Waals surface area contributed by atoms with Crippen LogP contribution in [0.2, 0.25) is 0 Å². The molecule has 0 aliphatic heterocycles. The normalized spacial score (nSPS) is 19.3. The molecule has 0 aromatic carbocycles. The molecule has 136 valence electrons. The summed E-state index contributed by atoms with van der Waals surface area (Å²) in [5, 5.41) is 28.7. The van der Waals surface area contributed by atoms with Gasteiger partial charge in [0, 0.05) is 29.8 Å². The minimum Gasteiger partial charge on any atom is -0.465 e. The van der Waals surface area contributed by atoms with E-state index in [0.717, 1.165) is 30.6 Å². The summed E-state index contributed by atoms with van der Waals surface area (Å²) < 4.78 is 0. The molecule has 2 heterocycles. The molecule has 1 unspecified atom stereocenters. The van der Waals surface area contributed by atoms with Crippen LogP contribution < -0.4 is 5.32 Å². The van der Waals surface area contributed by atoms with Gasteiger partial charge in [-0.2, -0.15) is 10.4 Å². The summed E-state index contributed by atoms with van der Waals surface area (Å²) in [4.78, 5) is 17.1. The summed E-state index contributed by atoms with van der Waals surface area (Å²) in [5.74, 6) is 0.941. The standard InChI is InChI=1S/C18H22N6O2/c1-11(2)24(18(25)26)15-6-3-12(7-15)16-8-17(23-22-16)21-14-5-4-13(9-19)20-10-14/h4-5,8,10-12,15H,3,6-7H2,1-2H3,(H,25,26)(H2,21,22,23)/t12-,15?/m0/s1. The number of anilines is 2. The number of hydrogen-bond donors (Lipinski definition) is 3. The van der Waals surface area contributed by atoms with E-state index in [-0.39, 0.29) is 18.0 Å². The number of carbonyl (C=O) groups is 1. The van der Waals surface area contributed by atoms with Crippen LogP contribution in [-0.2, 0) is 0 Å². The maximum absolute atomic E-state index is 11.5. The van der Waals surface area contributed by atoms with Crippen molar-refractivity contribution in [2.24, 2.45) is 0 Å². The fourth-order valence-corrected chi connectivity index (χ4v) is 3.58. The van der Waals surface area contributed by atoms with Crippen molar-refractivity contribution in [1.82, 2.24) is 20.1 Å². The quantitative estimate of drug-likeness (QED) is 0.757. The number of nitrogens with one attached hydrogen (secondary N) is 2. The Bertz CT molecular complexity index is 808. The van der Waals surface area contributed by atoms with Crippen molar-refractivity contribution < 1.29 is 9.90 Å². The van der Waals surface area contributed by atoms with Crippen molar-refractivity contribution in [3.8, 4) is 6.07 Å². The van der Waals surface area contributed by atoms with Gasteiger partial charge in [0.15, 0.2) is 5.82 Å². The zero-order valence-corrected chi connectivity index (χ0v) is 14.8. The van der Waals surface area contributed by atoms with Crippen molar-refractivity contribution >= 4 is 17.6 Å². The lowest BCUT2D eigenvalue weighted by Gasteiger charge is -2.30. The Balaban J connectivity index is 1.65. The van der Waals surface area contributed by atoms with E-state index < -0.39 is 6.09 Å². The molecular formula is C18H22N6O2. The van der Waals surface area contributed by atoms with Gasteiger partial charge in [-0.25, -0.2) is 9.78 Å². The maximum Gasteiger partial charge on any atom is 0.407 e. The third-order valence-electron chi connectivity index (χ3n) is 4.76. The monoisotopic (exact) mass is 354 g/mol. The molecule has 0 radical (unpaired) electrons. The van der Waals surface area contributed by atoms with Crippen molar-refractivity contribution in [3.63, 3.8) is 0 Å². The molecule has 1 aliphatic rings. The van der Waals surface area contributed by atoms with Gasteiger partial charge >= 0.3 is 6.09 Å². The fourth-order valence-electron chi connectivity index (χ4n) is 3.58. The van der Waals surface area contributed by atoms with Crippen molar-refractivity contribution in [2.75, 3.05) is 5.32 Å². The van der Waals surface area contributed by atoms with Gasteiger partial charge in [-0.1, -0.05) is 0 Å². The minimum atomic E-state index is -0.856. The second-order valence-electron chi connectivity index (χ2n) is 6.82. The van der Waals surface area contributed by atoms with Crippen LogP contribution in [0.3, 0.4) is 0 Å². The minimum absolute atomic E-state index is 0.0286. The summed E-state index contributed by atoms with van der Waals surface area (Å²) in [5.41, 5.74) is 2.12. The van der Waals surface area contributed by atoms with E-state index >= 15 is 0 Å². The highest BCUT2D eigenvalue weighted by atomic mass is 16.4. The van der Waals surface area contributed by atoms with Gasteiger partial charge in [0.2, 0.25) is 0 Å². The Morgan fingerprint density at radius 1 is 1.46 bits per heavy atom. The molecule has 8 nitrogen and oxygen atoms in total. The Kier molecular flexibility index (Phi) is 5.07. The smallest absolute Gasteiger partial charge is 0.407 e. The molecule has 2 aromatic heterocycles. The Morgan fingerprint density at radius 3 is 2.88 bits per heavy atom. The van der Waals surface area contributed by atoms with Crippen LogP contribution in [0, 0.1) is 11.3 Å². The van der Waals surface area contributed by atoms with Crippen LogP contribution in [0.1, 0.15) is 50.4 Å². The van der Waals surface area contributed by atoms with E-state index in [0.29, 0.717) is 11.5 Å². The Hall–Kier alpha value is -3.08. The van der Waals surface area contributed by atoms with Gasteiger partial charge in [-0.05, 0) is 45.2 Å². The predicted molar refractivity (Wildman–Crippen MR) is 96.2 cm³/mol. The molecule has 0 saturated heterocycles. The molecular weight excluding hydrogens is 332 g/mol. The predicted octanol–water partition coefficient (Wildman–Crippen LogP) is 3.44. The van der Waals surface area contributed by atoms with Crippen LogP contribution in [0.25, 0.3) is 0 Å². The third kappa shape index (κ3) is 3.77. The molecule has 8 heteroatoms. The molecule has 0 spiro atoms. The molecule has 2 atom stereocenters. The van der Waals surface area contributed by atoms with E-state index in [9.17, 15) is 9.90 Å². The zero-order valence-electron chi connectivity index (χ0n) is 14.8. The largest absolute Gasteiger partial charge is 0.465 e. The summed E-state index contributed by atoms with van der Waals surface area (Å²) in [6.07, 6.45) is 3.32. The highest BCUT2D eigenvalue weighted by Crippen LogP contribution is 2.37. The second-order valence-corrected chi connectivity index (χ2v) is 6.82. The number of H-pyrrole nitrogens is 1. The number of amides is 1. The van der Waals surface area contributed by atoms with Crippen molar-refractivity contribution in [2.45, 2.75) is 51.1 Å². The number of hydrogen-bond acceptors (Lipinski definition) is 5. The maximum atomic E-state index is 11.5. The van der Waals surface area contributed by atoms with Crippen LogP contribution in [-0.4, -0.2) is 43.4 Å². The summed E-state index contributed by atoms with van der Waals surface area (Å²) in [6, 6.07) is 7.36. The van der Waals surface area contributed by atoms with E-state index in [1.807, 2.05) is 26.0 Å². The number of carboxylic acid groups (broad SMARTS) is 1. The number of aromatic nitrogens is 3. The number of nitrogens with zero attached hydrogens (tertiary/aromatic N) is 4. The number of nitriles is 1. The first-order valence-corrected chi connectivity index (χ1v) is 8.67. The molecule has 2 aromatic rings. The molecule has 26 heavy (non-hydrogen) atoms. The van der Waals surface area contributed by atoms with Crippen LogP contribution in [0.5, 0.6) is 0 Å². The number of rotatable bonds is 5. The summed E-state index contributed by atoms with van der Waals surface area (Å²) >= 11 is 0. The van der Waals surface area contributed by atoms with E-state index in [2.05, 4.69) is 20.5 Å². The lowest BCUT2D eigenvalue weighted by molar-refractivity contribution is 0.108. The lowest BCUT2D eigenvalue weighted by Crippen LogP contribution is -2.42. The van der Waals surface area contributed by atoms with Gasteiger partial charge in [-0.3, -0.25) is 5.10 Å². The third-order valence-corrected chi connectivity index (χ3v) is 4.76. The molecule has 1 saturated carbocycles. The Morgan fingerprint density at radius 2 is 2.27 bits per heavy atom. The average Bonchev–Trinajstić information content (AvgIpc) is 3.24. The van der Waals surface area contributed by atoms with Gasteiger partial charge in [0.05, 0.1) is 11.9 Å². The molecule has 1 aliphatic carbocycles. The first-order valence-electron chi connectivity index (χ1n) is 8.67. The number of aromatic amines is 1. The van der Waals surface area contributed by atoms with Gasteiger partial charge in [0.1, 0.15) is 11.8 Å². The van der Waals surface area contributed by atoms with Gasteiger partial charge in [-0.15, -0.1) is 0 Å². The van der Waals surface area contributed by atoms with Crippen molar-refractivity contribution in [3.05, 3.63) is 35.8 Å². The van der Waals surface area contributed by atoms with Crippen LogP contribution in [0.15, 0.2) is 24.4 Å². The summed E-state index contributed by atoms with van der Waals surface area (Å²) in [6.45, 7) is 3.82. The van der Waals surface area contributed by atoms with Crippen LogP contribution in [0.4, 0.5) is 16.3 Å². The highest BCUT2D eigenvalue weighted by Gasteiger charge is 2.34. The highest BCUT2D eigenvalue weighted by molar-refractivity contribution is 5.66. The fraction of sp³-hybridized carbons (Fsp3) is 0.444. The molecule has 1 fully saturated rings. The summed E-state index contributed by atoms with van der Waals surface area (Å²) in [7, 11) is 0. The second kappa shape index (κ2) is 7.44. The molecule has 3 rings (SSSR count). The number of pyridine rings is 1. The topological polar surface area (TPSA) is 118 Å². The lowest BCUT2D eigenvalue weighted by atomic mass is 10.0. The first kappa shape index (κ1) is 17.7. The average molecular weight is 354 g/mol.